The van der Waals surface area contributed by atoms with Gasteiger partial charge in [-0.05, 0) is 37.6 Å². The van der Waals surface area contributed by atoms with Gasteiger partial charge in [-0.25, -0.2) is 8.42 Å². The molecule has 1 rings (SSSR count). The van der Waals surface area contributed by atoms with Crippen LogP contribution < -0.4 is 5.73 Å². The summed E-state index contributed by atoms with van der Waals surface area (Å²) in [4.78, 5) is 11.6. The molecule has 0 bridgehead atoms. The van der Waals surface area contributed by atoms with Crippen LogP contribution in [0.3, 0.4) is 0 Å². The Morgan fingerprint density at radius 3 is 2.35 bits per heavy atom. The summed E-state index contributed by atoms with van der Waals surface area (Å²) in [7, 11) is -3.72. The Labute approximate surface area is 119 Å². The van der Waals surface area contributed by atoms with Crippen LogP contribution in [0.25, 0.3) is 0 Å². The largest absolute Gasteiger partial charge is 0.465 e. The first-order valence-electron chi connectivity index (χ1n) is 6.43. The van der Waals surface area contributed by atoms with Crippen molar-refractivity contribution in [3.05, 3.63) is 24.3 Å². The number of nitrogens with zero attached hydrogens (tertiary/aromatic N) is 1. The van der Waals surface area contributed by atoms with Gasteiger partial charge in [-0.15, -0.1) is 0 Å². The van der Waals surface area contributed by atoms with Gasteiger partial charge in [-0.3, -0.25) is 4.79 Å². The van der Waals surface area contributed by atoms with Crippen LogP contribution in [0, 0.1) is 0 Å². The summed E-state index contributed by atoms with van der Waals surface area (Å²) in [6.45, 7) is 3.72. The zero-order chi connectivity index (χ0) is 15.2. The van der Waals surface area contributed by atoms with E-state index < -0.39 is 16.0 Å². The second-order valence-corrected chi connectivity index (χ2v) is 6.15. The van der Waals surface area contributed by atoms with E-state index in [4.69, 9.17) is 10.5 Å². The highest BCUT2D eigenvalue weighted by molar-refractivity contribution is 7.89. The SMILES string of the molecule is CCCN(CC(=O)OCC)S(=O)(=O)c1ccc(N)cc1. The third-order valence-corrected chi connectivity index (χ3v) is 4.46. The van der Waals surface area contributed by atoms with Crippen LogP contribution in [0.2, 0.25) is 0 Å². The fourth-order valence-electron chi connectivity index (χ4n) is 1.67. The molecule has 20 heavy (non-hydrogen) atoms. The zero-order valence-corrected chi connectivity index (χ0v) is 12.5. The van der Waals surface area contributed by atoms with Crippen LogP contribution in [0.1, 0.15) is 20.3 Å². The normalized spacial score (nSPS) is 11.6. The molecular formula is C13H20N2O4S. The minimum Gasteiger partial charge on any atom is -0.465 e. The highest BCUT2D eigenvalue weighted by atomic mass is 32.2. The number of rotatable bonds is 7. The first kappa shape index (κ1) is 16.5. The molecule has 0 atom stereocenters. The van der Waals surface area contributed by atoms with Gasteiger partial charge in [-0.1, -0.05) is 6.92 Å². The Morgan fingerprint density at radius 2 is 1.85 bits per heavy atom. The molecule has 6 nitrogen and oxygen atoms in total. The summed E-state index contributed by atoms with van der Waals surface area (Å²) in [6, 6.07) is 5.89. The average molecular weight is 300 g/mol. The molecule has 0 radical (unpaired) electrons. The van der Waals surface area contributed by atoms with E-state index in [1.54, 1.807) is 6.92 Å². The number of nitrogen functional groups attached to an aromatic ring is 1. The third kappa shape index (κ3) is 4.21. The van der Waals surface area contributed by atoms with Gasteiger partial charge in [0.25, 0.3) is 0 Å². The number of carbonyl (C=O) groups is 1. The molecule has 0 fully saturated rings. The second-order valence-electron chi connectivity index (χ2n) is 4.21. The number of esters is 1. The molecule has 1 aromatic carbocycles. The molecular weight excluding hydrogens is 280 g/mol. The maximum absolute atomic E-state index is 12.5. The maximum atomic E-state index is 12.5. The molecule has 7 heteroatoms. The first-order valence-corrected chi connectivity index (χ1v) is 7.87. The summed E-state index contributed by atoms with van der Waals surface area (Å²) < 4.78 is 30.8. The lowest BCUT2D eigenvalue weighted by atomic mass is 10.3. The van der Waals surface area contributed by atoms with Gasteiger partial charge in [0.05, 0.1) is 11.5 Å². The topological polar surface area (TPSA) is 89.7 Å². The summed E-state index contributed by atoms with van der Waals surface area (Å²) in [6.07, 6.45) is 0.605. The standard InChI is InChI=1S/C13H20N2O4S/c1-3-9-15(10-13(16)19-4-2)20(17,18)12-7-5-11(14)6-8-12/h5-8H,3-4,9-10,14H2,1-2H3. The van der Waals surface area contributed by atoms with Gasteiger partial charge in [-0.2, -0.15) is 4.31 Å². The van der Waals surface area contributed by atoms with E-state index in [1.807, 2.05) is 6.92 Å². The van der Waals surface area contributed by atoms with Gasteiger partial charge in [0.1, 0.15) is 6.54 Å². The van der Waals surface area contributed by atoms with Gasteiger partial charge in [0.2, 0.25) is 10.0 Å². The molecule has 0 aliphatic carbocycles. The lowest BCUT2D eigenvalue weighted by Crippen LogP contribution is -2.37. The van der Waals surface area contributed by atoms with E-state index in [0.717, 1.165) is 4.31 Å². The van der Waals surface area contributed by atoms with Gasteiger partial charge in [0, 0.05) is 12.2 Å². The van der Waals surface area contributed by atoms with Crippen LogP contribution in [0.4, 0.5) is 5.69 Å². The number of sulfonamides is 1. The van der Waals surface area contributed by atoms with Gasteiger partial charge >= 0.3 is 5.97 Å². The smallest absolute Gasteiger partial charge is 0.321 e. The molecule has 0 saturated heterocycles. The summed E-state index contributed by atoms with van der Waals surface area (Å²) in [5, 5.41) is 0. The van der Waals surface area contributed by atoms with Crippen LogP contribution in [0.5, 0.6) is 0 Å². The molecule has 0 aliphatic rings. The predicted molar refractivity (Wildman–Crippen MR) is 76.5 cm³/mol. The van der Waals surface area contributed by atoms with Gasteiger partial charge < -0.3 is 10.5 Å². The van der Waals surface area contributed by atoms with Crippen LogP contribution in [0.15, 0.2) is 29.2 Å². The van der Waals surface area contributed by atoms with Crippen molar-refractivity contribution < 1.29 is 17.9 Å². The Hall–Kier alpha value is -1.60. The number of benzene rings is 1. The van der Waals surface area contributed by atoms with E-state index in [1.165, 1.54) is 24.3 Å². The second kappa shape index (κ2) is 7.25. The Kier molecular flexibility index (Phi) is 5.97. The van der Waals surface area contributed by atoms with Crippen LogP contribution in [-0.2, 0) is 19.6 Å². The molecule has 0 unspecified atom stereocenters. The van der Waals surface area contributed by atoms with Crippen molar-refractivity contribution >= 4 is 21.7 Å². The molecule has 1 aromatic rings. The van der Waals surface area contributed by atoms with E-state index in [0.29, 0.717) is 12.1 Å². The van der Waals surface area contributed by atoms with Crippen molar-refractivity contribution in [1.82, 2.24) is 4.31 Å². The molecule has 0 aromatic heterocycles. The minimum atomic E-state index is -3.72. The van der Waals surface area contributed by atoms with Crippen molar-refractivity contribution in [3.63, 3.8) is 0 Å². The predicted octanol–water partition coefficient (Wildman–Crippen LogP) is 1.23. The monoisotopic (exact) mass is 300 g/mol. The number of ether oxygens (including phenoxy) is 1. The van der Waals surface area contributed by atoms with Crippen molar-refractivity contribution in [3.8, 4) is 0 Å². The maximum Gasteiger partial charge on any atom is 0.321 e. The highest BCUT2D eigenvalue weighted by Crippen LogP contribution is 2.17. The lowest BCUT2D eigenvalue weighted by Gasteiger charge is -2.20. The molecule has 0 spiro atoms. The molecule has 0 amide bonds. The van der Waals surface area contributed by atoms with Crippen LogP contribution >= 0.6 is 0 Å². The fraction of sp³-hybridized carbons (Fsp3) is 0.462. The van der Waals surface area contributed by atoms with E-state index in [2.05, 4.69) is 0 Å². The number of carbonyl (C=O) groups excluding carboxylic acids is 1. The summed E-state index contributed by atoms with van der Waals surface area (Å²) >= 11 is 0. The fourth-order valence-corrected chi connectivity index (χ4v) is 3.15. The number of hydrogen-bond acceptors (Lipinski definition) is 5. The minimum absolute atomic E-state index is 0.115. The van der Waals surface area contributed by atoms with Crippen molar-refractivity contribution in [2.45, 2.75) is 25.2 Å². The zero-order valence-electron chi connectivity index (χ0n) is 11.7. The molecule has 0 aliphatic heterocycles. The summed E-state index contributed by atoms with van der Waals surface area (Å²) in [5.41, 5.74) is 6.03. The van der Waals surface area contributed by atoms with E-state index in [-0.39, 0.29) is 24.6 Å². The van der Waals surface area contributed by atoms with Crippen LogP contribution in [-0.4, -0.2) is 38.4 Å². The van der Waals surface area contributed by atoms with Crippen molar-refractivity contribution in [2.24, 2.45) is 0 Å². The Bertz CT molecular complexity index is 540. The number of hydrogen-bond donors (Lipinski definition) is 1. The quantitative estimate of drug-likeness (QED) is 0.604. The number of nitrogens with two attached hydrogens (primary N) is 1. The highest BCUT2D eigenvalue weighted by Gasteiger charge is 2.26. The molecule has 0 saturated carbocycles. The van der Waals surface area contributed by atoms with Crippen molar-refractivity contribution in [1.29, 1.82) is 0 Å². The molecule has 2 N–H and O–H groups in total. The first-order chi connectivity index (χ1) is 9.41. The Morgan fingerprint density at radius 1 is 1.25 bits per heavy atom. The Balaban J connectivity index is 2.99. The lowest BCUT2D eigenvalue weighted by molar-refractivity contribution is -0.143. The molecule has 112 valence electrons. The van der Waals surface area contributed by atoms with Crippen molar-refractivity contribution in [2.75, 3.05) is 25.4 Å². The van der Waals surface area contributed by atoms with Gasteiger partial charge in [0.15, 0.2) is 0 Å². The van der Waals surface area contributed by atoms with E-state index in [9.17, 15) is 13.2 Å². The average Bonchev–Trinajstić information content (AvgIpc) is 2.39. The number of anilines is 1. The molecule has 0 heterocycles. The summed E-state index contributed by atoms with van der Waals surface area (Å²) in [5.74, 6) is -0.556. The third-order valence-electron chi connectivity index (χ3n) is 2.60. The van der Waals surface area contributed by atoms with E-state index >= 15 is 0 Å².